The Kier molecular flexibility index (Phi) is 19.9. The van der Waals surface area contributed by atoms with Crippen LogP contribution in [-0.2, 0) is 49.7 Å². The van der Waals surface area contributed by atoms with Gasteiger partial charge in [-0.05, 0) is 157 Å². The van der Waals surface area contributed by atoms with Crippen LogP contribution in [0, 0.1) is 0 Å². The van der Waals surface area contributed by atoms with Crippen molar-refractivity contribution in [3.63, 3.8) is 0 Å². The monoisotopic (exact) mass is 918 g/mol. The third-order valence-corrected chi connectivity index (χ3v) is 15.2. The number of carbonyl (C=O) groups is 1. The molecule has 0 radical (unpaired) electrons. The third kappa shape index (κ3) is 23.6. The Labute approximate surface area is 346 Å². The molecule has 0 aromatic heterocycles. The van der Waals surface area contributed by atoms with Crippen LogP contribution in [0.25, 0.3) is 0 Å². The molecular formula is C36H86O11Si8. The van der Waals surface area contributed by atoms with Gasteiger partial charge >= 0.3 is 0 Å². The van der Waals surface area contributed by atoms with Crippen molar-refractivity contribution in [1.29, 1.82) is 0 Å². The van der Waals surface area contributed by atoms with Gasteiger partial charge in [-0.15, -0.1) is 0 Å². The van der Waals surface area contributed by atoms with Crippen LogP contribution in [0.15, 0.2) is 0 Å². The maximum atomic E-state index is 13.0. The average molecular weight is 920 g/mol. The Morgan fingerprint density at radius 3 is 1.25 bits per heavy atom. The minimum Gasteiger partial charge on any atom is -0.415 e. The highest BCUT2D eigenvalue weighted by Gasteiger charge is 2.53. The molecule has 1 rings (SSSR count). The molecule has 0 aliphatic carbocycles. The van der Waals surface area contributed by atoms with E-state index in [1.165, 1.54) is 0 Å². The van der Waals surface area contributed by atoms with Gasteiger partial charge < -0.3 is 49.7 Å². The Morgan fingerprint density at radius 2 is 0.873 bits per heavy atom. The molecule has 1 aliphatic rings. The second-order valence-corrected chi connectivity index (χ2v) is 58.6. The predicted molar refractivity (Wildman–Crippen MR) is 248 cm³/mol. The summed E-state index contributed by atoms with van der Waals surface area (Å²) in [6.07, 6.45) is -4.61. The molecule has 0 spiro atoms. The van der Waals surface area contributed by atoms with E-state index in [2.05, 4.69) is 157 Å². The quantitative estimate of drug-likeness (QED) is 0.0683. The van der Waals surface area contributed by atoms with Gasteiger partial charge in [0.1, 0.15) is 49.0 Å². The lowest BCUT2D eigenvalue weighted by Crippen LogP contribution is -2.67. The van der Waals surface area contributed by atoms with Gasteiger partial charge in [-0.3, -0.25) is 0 Å². The molecule has 1 heterocycles. The molecule has 9 atom stereocenters. The van der Waals surface area contributed by atoms with E-state index in [0.29, 0.717) is 6.61 Å². The molecule has 0 amide bonds. The van der Waals surface area contributed by atoms with Crippen molar-refractivity contribution < 1.29 is 49.7 Å². The SMILES string of the molecule is C[Si](C)(C)OC[C@H]1O[C@H](OC[C@@H](O[Si](C)(C)C)[C@@H](O[Si](C)(C)C)[C@H](O[Si](C)(C)C)[C@H](C=O)O[Si](C)(C)C)[C@H](O[Si](C)(C)C)[C@@H](O[Si](C)(C)C)[C@@H]1O[Si](C)(C)C. The second-order valence-electron chi connectivity index (χ2n) is 22.9. The number of hydrogen-bond acceptors (Lipinski definition) is 11. The van der Waals surface area contributed by atoms with Crippen molar-refractivity contribution in [3.05, 3.63) is 0 Å². The fourth-order valence-electron chi connectivity index (χ4n) is 6.02. The summed E-state index contributed by atoms with van der Waals surface area (Å²) in [5, 5.41) is 0. The van der Waals surface area contributed by atoms with Gasteiger partial charge in [0, 0.05) is 0 Å². The van der Waals surface area contributed by atoms with E-state index >= 15 is 0 Å². The van der Waals surface area contributed by atoms with Crippen LogP contribution in [0.3, 0.4) is 0 Å². The molecule has 19 heteroatoms. The Morgan fingerprint density at radius 1 is 0.473 bits per heavy atom. The summed E-state index contributed by atoms with van der Waals surface area (Å²) >= 11 is 0. The lowest BCUT2D eigenvalue weighted by atomic mass is 9.99. The van der Waals surface area contributed by atoms with Crippen molar-refractivity contribution in [3.8, 4) is 0 Å². The summed E-state index contributed by atoms with van der Waals surface area (Å²) in [4.78, 5) is 13.0. The Hall–Kier alpha value is 1.01. The number of aldehydes is 1. The van der Waals surface area contributed by atoms with Gasteiger partial charge in [-0.1, -0.05) is 0 Å². The van der Waals surface area contributed by atoms with Crippen LogP contribution in [0.4, 0.5) is 0 Å². The molecule has 0 aromatic rings. The Bertz CT molecular complexity index is 1160. The average Bonchev–Trinajstić information content (AvgIpc) is 2.88. The molecule has 11 nitrogen and oxygen atoms in total. The summed E-state index contributed by atoms with van der Waals surface area (Å²) in [5.41, 5.74) is 0. The van der Waals surface area contributed by atoms with Gasteiger partial charge in [0.25, 0.3) is 0 Å². The standard InChI is InChI=1S/C36H86O11Si8/c1-48(2,3)39-27-29-32(44-52(13,14)15)34(46-54(19,20)21)35(47-55(22,23)24)36(40-29)38-26-30(42-50(7,8)9)33(45-53(16,17)18)31(43-51(10,11)12)28(25-37)41-49(4,5)6/h25,28-36H,26-27H2,1-24H3/t28-,29+,30+,31+,32+,33+,34-,35+,36-/m0/s1. The molecular weight excluding hydrogens is 833 g/mol. The smallest absolute Gasteiger partial charge is 0.185 e. The largest absolute Gasteiger partial charge is 0.415 e. The Balaban J connectivity index is 4.02. The number of carbonyl (C=O) groups excluding carboxylic acids is 1. The van der Waals surface area contributed by atoms with E-state index in [1.807, 2.05) is 0 Å². The molecule has 0 aromatic carbocycles. The summed E-state index contributed by atoms with van der Waals surface area (Å²) in [6, 6.07) is 0. The van der Waals surface area contributed by atoms with Gasteiger partial charge in [0.2, 0.25) is 0 Å². The zero-order valence-electron chi connectivity index (χ0n) is 39.7. The zero-order valence-corrected chi connectivity index (χ0v) is 47.7. The molecule has 55 heavy (non-hydrogen) atoms. The van der Waals surface area contributed by atoms with E-state index in [9.17, 15) is 4.79 Å². The van der Waals surface area contributed by atoms with Crippen molar-refractivity contribution in [2.75, 3.05) is 13.2 Å². The first-order valence-electron chi connectivity index (χ1n) is 20.3. The van der Waals surface area contributed by atoms with Crippen LogP contribution in [0.5, 0.6) is 0 Å². The first kappa shape index (κ1) is 54.0. The van der Waals surface area contributed by atoms with Crippen LogP contribution in [0.2, 0.25) is 157 Å². The lowest BCUT2D eigenvalue weighted by Gasteiger charge is -2.51. The summed E-state index contributed by atoms with van der Waals surface area (Å²) in [5.74, 6) is 0. The van der Waals surface area contributed by atoms with Gasteiger partial charge in [0.15, 0.2) is 72.8 Å². The summed E-state index contributed by atoms with van der Waals surface area (Å²) in [6.45, 7) is 52.3. The van der Waals surface area contributed by atoms with E-state index in [4.69, 9.17) is 44.9 Å². The van der Waals surface area contributed by atoms with E-state index in [0.717, 1.165) is 6.29 Å². The molecule has 0 unspecified atom stereocenters. The molecule has 0 bridgehead atoms. The fraction of sp³-hybridized carbons (Fsp3) is 0.972. The number of rotatable bonds is 24. The predicted octanol–water partition coefficient (Wildman–Crippen LogP) is 9.32. The zero-order chi connectivity index (χ0) is 43.4. The van der Waals surface area contributed by atoms with Crippen molar-refractivity contribution in [2.45, 2.75) is 212 Å². The van der Waals surface area contributed by atoms with Crippen molar-refractivity contribution in [1.82, 2.24) is 0 Å². The molecule has 1 aliphatic heterocycles. The topological polar surface area (TPSA) is 109 Å². The van der Waals surface area contributed by atoms with Gasteiger partial charge in [-0.25, -0.2) is 0 Å². The van der Waals surface area contributed by atoms with E-state index in [-0.39, 0.29) is 6.61 Å². The van der Waals surface area contributed by atoms with Gasteiger partial charge in [0.05, 0.1) is 19.3 Å². The molecule has 1 fully saturated rings. The van der Waals surface area contributed by atoms with Crippen molar-refractivity contribution >= 4 is 72.8 Å². The molecule has 1 saturated heterocycles. The van der Waals surface area contributed by atoms with Crippen LogP contribution < -0.4 is 0 Å². The maximum absolute atomic E-state index is 13.0. The highest BCUT2D eigenvalue weighted by Crippen LogP contribution is 2.36. The van der Waals surface area contributed by atoms with E-state index in [1.54, 1.807) is 0 Å². The van der Waals surface area contributed by atoms with Crippen LogP contribution in [0.1, 0.15) is 0 Å². The third-order valence-electron chi connectivity index (χ3n) is 7.29. The van der Waals surface area contributed by atoms with E-state index < -0.39 is 122 Å². The second kappa shape index (κ2) is 20.3. The van der Waals surface area contributed by atoms with Crippen LogP contribution >= 0.6 is 0 Å². The normalized spacial score (nSPS) is 25.1. The summed E-state index contributed by atoms with van der Waals surface area (Å²) < 4.78 is 69.3. The van der Waals surface area contributed by atoms with Gasteiger partial charge in [-0.2, -0.15) is 0 Å². The fourth-order valence-corrected chi connectivity index (χ4v) is 14.2. The highest BCUT2D eigenvalue weighted by atomic mass is 28.4. The minimum atomic E-state index is -2.27. The lowest BCUT2D eigenvalue weighted by molar-refractivity contribution is -0.296. The first-order chi connectivity index (χ1) is 24.2. The number of ether oxygens (including phenoxy) is 2. The maximum Gasteiger partial charge on any atom is 0.185 e. The highest BCUT2D eigenvalue weighted by molar-refractivity contribution is 6.72. The first-order valence-corrected chi connectivity index (χ1v) is 47.6. The molecule has 0 N–H and O–H groups in total. The minimum absolute atomic E-state index is 0.112. The summed E-state index contributed by atoms with van der Waals surface area (Å²) in [7, 11) is -17.4. The van der Waals surface area contributed by atoms with Crippen LogP contribution in [-0.4, -0.2) is 141 Å². The number of hydrogen-bond donors (Lipinski definition) is 0. The molecule has 0 saturated carbocycles. The molecule has 328 valence electrons. The van der Waals surface area contributed by atoms with Crippen molar-refractivity contribution in [2.24, 2.45) is 0 Å².